The molecular formula is C28H22N2O8S2. The number of fused-ring (bicyclic) bond motifs is 2. The number of benzene rings is 4. The van der Waals surface area contributed by atoms with Gasteiger partial charge in [-0.05, 0) is 61.4 Å². The van der Waals surface area contributed by atoms with Crippen LogP contribution in [0.5, 0.6) is 0 Å². The van der Waals surface area contributed by atoms with Crippen LogP contribution in [-0.4, -0.2) is 22.1 Å². The molecule has 0 aromatic heterocycles. The zero-order chi connectivity index (χ0) is 28.2. The van der Waals surface area contributed by atoms with Gasteiger partial charge in [-0.15, -0.1) is 8.67 Å². The molecule has 0 bridgehead atoms. The number of rotatable bonds is 10. The zero-order valence-electron chi connectivity index (χ0n) is 21.1. The van der Waals surface area contributed by atoms with Gasteiger partial charge < -0.3 is 10.6 Å². The van der Waals surface area contributed by atoms with E-state index in [1.807, 2.05) is 38.1 Å². The van der Waals surface area contributed by atoms with Crippen molar-refractivity contribution in [3.63, 3.8) is 0 Å². The Morgan fingerprint density at radius 2 is 1.02 bits per heavy atom. The molecule has 10 nitrogen and oxygen atoms in total. The first kappa shape index (κ1) is 27.8. The first-order valence-corrected chi connectivity index (χ1v) is 13.3. The number of ketones is 2. The number of nitrogens with one attached hydrogen (secondary N) is 2. The van der Waals surface area contributed by atoms with Crippen LogP contribution in [0.3, 0.4) is 0 Å². The van der Waals surface area contributed by atoms with Crippen molar-refractivity contribution in [2.24, 2.45) is 0 Å². The number of aryl methyl sites for hydroxylation is 2. The van der Waals surface area contributed by atoms with E-state index in [1.54, 1.807) is 48.5 Å². The summed E-state index contributed by atoms with van der Waals surface area (Å²) in [5.74, 6) is -0.633. The molecule has 0 unspecified atom stereocenters. The van der Waals surface area contributed by atoms with Gasteiger partial charge in [0.05, 0.1) is 67.8 Å². The molecule has 0 spiro atoms. The Labute approximate surface area is 237 Å². The van der Waals surface area contributed by atoms with Crippen LogP contribution in [0, 0.1) is 13.8 Å². The van der Waals surface area contributed by atoms with Crippen molar-refractivity contribution in [2.75, 3.05) is 10.6 Å². The molecule has 4 aromatic rings. The van der Waals surface area contributed by atoms with Gasteiger partial charge >= 0.3 is 0 Å². The average Bonchev–Trinajstić information content (AvgIpc) is 2.95. The SMILES string of the molecule is Cc1ccc(Nc2cccc3c2C(=O)c2cccc(Nc4ccc(C)cc4SOOO)c2C3=O)c(SOOO)c1. The molecule has 0 saturated heterocycles. The zero-order valence-corrected chi connectivity index (χ0v) is 22.7. The monoisotopic (exact) mass is 578 g/mol. The summed E-state index contributed by atoms with van der Waals surface area (Å²) in [6.07, 6.45) is 0. The second kappa shape index (κ2) is 12.2. The molecule has 4 N–H and O–H groups in total. The van der Waals surface area contributed by atoms with Gasteiger partial charge in [-0.1, -0.05) is 46.5 Å². The summed E-state index contributed by atoms with van der Waals surface area (Å²) in [7, 11) is 0. The van der Waals surface area contributed by atoms with E-state index in [9.17, 15) is 9.59 Å². The average molecular weight is 579 g/mol. The first-order chi connectivity index (χ1) is 19.4. The third-order valence-electron chi connectivity index (χ3n) is 6.19. The van der Waals surface area contributed by atoms with Gasteiger partial charge in [0.25, 0.3) is 0 Å². The fourth-order valence-electron chi connectivity index (χ4n) is 4.45. The fraction of sp³-hybridized carbons (Fsp3) is 0.0714. The van der Waals surface area contributed by atoms with Gasteiger partial charge in [-0.2, -0.15) is 0 Å². The maximum atomic E-state index is 13.9. The Hall–Kier alpha value is -3.72. The molecule has 0 saturated carbocycles. The molecule has 204 valence electrons. The van der Waals surface area contributed by atoms with Gasteiger partial charge in [0, 0.05) is 11.1 Å². The van der Waals surface area contributed by atoms with E-state index in [1.165, 1.54) is 0 Å². The summed E-state index contributed by atoms with van der Waals surface area (Å²) >= 11 is 1.58. The van der Waals surface area contributed by atoms with Crippen LogP contribution >= 0.6 is 24.1 Å². The van der Waals surface area contributed by atoms with E-state index in [-0.39, 0.29) is 33.8 Å². The van der Waals surface area contributed by atoms with Crippen molar-refractivity contribution in [2.45, 2.75) is 23.6 Å². The van der Waals surface area contributed by atoms with Crippen LogP contribution in [0.4, 0.5) is 22.7 Å². The Bertz CT molecular complexity index is 1490. The first-order valence-electron chi connectivity index (χ1n) is 11.8. The predicted octanol–water partition coefficient (Wildman–Crippen LogP) is 7.42. The number of anilines is 4. The number of hydrogen-bond acceptors (Lipinski definition) is 12. The van der Waals surface area contributed by atoms with Gasteiger partial charge in [0.15, 0.2) is 11.6 Å². The minimum atomic E-state index is -0.317. The molecule has 0 radical (unpaired) electrons. The Balaban J connectivity index is 1.53. The summed E-state index contributed by atoms with van der Waals surface area (Å²) in [5, 5.41) is 31.1. The van der Waals surface area contributed by atoms with Crippen molar-refractivity contribution >= 4 is 58.4 Å². The van der Waals surface area contributed by atoms with Crippen molar-refractivity contribution < 1.29 is 38.8 Å². The lowest BCUT2D eigenvalue weighted by Gasteiger charge is -2.24. The summed E-state index contributed by atoms with van der Waals surface area (Å²) in [5.41, 5.74) is 4.92. The topological polar surface area (TPSA) is 136 Å². The number of carbonyl (C=O) groups is 2. The molecular weight excluding hydrogens is 556 g/mol. The molecule has 0 heterocycles. The van der Waals surface area contributed by atoms with Gasteiger partial charge in [-0.25, -0.2) is 10.5 Å². The second-order valence-electron chi connectivity index (χ2n) is 8.82. The lowest BCUT2D eigenvalue weighted by molar-refractivity contribution is -0.432. The Kier molecular flexibility index (Phi) is 8.49. The van der Waals surface area contributed by atoms with E-state index in [2.05, 4.69) is 29.4 Å². The van der Waals surface area contributed by atoms with Crippen LogP contribution in [0.1, 0.15) is 43.0 Å². The van der Waals surface area contributed by atoms with Crippen molar-refractivity contribution in [3.8, 4) is 0 Å². The molecule has 0 fully saturated rings. The van der Waals surface area contributed by atoms with Crippen LogP contribution in [0.15, 0.2) is 82.6 Å². The lowest BCUT2D eigenvalue weighted by Crippen LogP contribution is -2.23. The van der Waals surface area contributed by atoms with E-state index >= 15 is 0 Å². The molecule has 1 aliphatic rings. The van der Waals surface area contributed by atoms with E-state index in [4.69, 9.17) is 10.5 Å². The van der Waals surface area contributed by atoms with E-state index < -0.39 is 0 Å². The van der Waals surface area contributed by atoms with Crippen molar-refractivity contribution in [1.82, 2.24) is 0 Å². The van der Waals surface area contributed by atoms with Crippen molar-refractivity contribution in [3.05, 3.63) is 106 Å². The predicted molar refractivity (Wildman–Crippen MR) is 150 cm³/mol. The van der Waals surface area contributed by atoms with Crippen LogP contribution in [-0.2, 0) is 18.7 Å². The van der Waals surface area contributed by atoms with Gasteiger partial charge in [-0.3, -0.25) is 9.59 Å². The second-order valence-corrected chi connectivity index (χ2v) is 10.3. The Morgan fingerprint density at radius 3 is 1.43 bits per heavy atom. The minimum Gasteiger partial charge on any atom is -0.354 e. The maximum Gasteiger partial charge on any atom is 0.196 e. The molecule has 0 amide bonds. The molecule has 4 aromatic carbocycles. The smallest absolute Gasteiger partial charge is 0.196 e. The highest BCUT2D eigenvalue weighted by atomic mass is 32.2. The highest BCUT2D eigenvalue weighted by Gasteiger charge is 2.34. The highest BCUT2D eigenvalue weighted by Crippen LogP contribution is 2.40. The third kappa shape index (κ3) is 5.61. The molecule has 0 atom stereocenters. The van der Waals surface area contributed by atoms with Crippen LogP contribution in [0.2, 0.25) is 0 Å². The van der Waals surface area contributed by atoms with Gasteiger partial charge in [0.1, 0.15) is 0 Å². The molecule has 1 aliphatic carbocycles. The number of hydrogen-bond donors (Lipinski definition) is 4. The third-order valence-corrected chi connectivity index (χ3v) is 7.49. The molecule has 40 heavy (non-hydrogen) atoms. The largest absolute Gasteiger partial charge is 0.354 e. The van der Waals surface area contributed by atoms with Gasteiger partial charge in [0.2, 0.25) is 0 Å². The normalized spacial score (nSPS) is 12.2. The number of carbonyl (C=O) groups excluding carboxylic acids is 2. The fourth-order valence-corrected chi connectivity index (χ4v) is 5.54. The standard InChI is InChI=1S/C28H22N2O8S2/c1-15-9-11-19(23(13-15)39-37-35-33)29-21-7-3-5-17-25(21)27(31)18-6-4-8-22(26(18)28(17)32)30-20-12-10-16(2)14-24(20)40-38-36-34/h3-14,29-30,33-34H,1-2H3. The van der Waals surface area contributed by atoms with Crippen LogP contribution < -0.4 is 10.6 Å². The maximum absolute atomic E-state index is 13.9. The molecule has 0 aliphatic heterocycles. The minimum absolute atomic E-state index is 0.244. The molecule has 12 heteroatoms. The summed E-state index contributed by atoms with van der Waals surface area (Å²) in [6.45, 7) is 3.79. The molecule has 5 rings (SSSR count). The van der Waals surface area contributed by atoms with E-state index in [0.717, 1.165) is 35.2 Å². The summed E-state index contributed by atoms with van der Waals surface area (Å²) < 4.78 is 9.25. The summed E-state index contributed by atoms with van der Waals surface area (Å²) in [4.78, 5) is 28.9. The van der Waals surface area contributed by atoms with E-state index in [0.29, 0.717) is 32.5 Å². The van der Waals surface area contributed by atoms with Crippen LogP contribution in [0.25, 0.3) is 0 Å². The summed E-state index contributed by atoms with van der Waals surface area (Å²) in [6, 6.07) is 21.0. The Morgan fingerprint density at radius 1 is 0.600 bits per heavy atom. The quantitative estimate of drug-likeness (QED) is 0.0745. The van der Waals surface area contributed by atoms with Crippen molar-refractivity contribution in [1.29, 1.82) is 0 Å². The highest BCUT2D eigenvalue weighted by molar-refractivity contribution is 7.95. The lowest BCUT2D eigenvalue weighted by atomic mass is 9.82.